The molecule has 3 heterocycles. The Balaban J connectivity index is 1.04. The van der Waals surface area contributed by atoms with E-state index in [1.165, 1.54) is 0 Å². The molecule has 0 fully saturated rings. The molecule has 7 rings (SSSR count). The van der Waals surface area contributed by atoms with Crippen molar-refractivity contribution in [2.75, 3.05) is 59.5 Å². The lowest BCUT2D eigenvalue weighted by Crippen LogP contribution is -2.32. The second-order valence-corrected chi connectivity index (χ2v) is 30.1. The van der Waals surface area contributed by atoms with Gasteiger partial charge in [0.25, 0.3) is 0 Å². The number of ether oxygens (including phenoxy) is 6. The van der Waals surface area contributed by atoms with Crippen LogP contribution < -0.4 is 27.9 Å². The van der Waals surface area contributed by atoms with E-state index < -0.39 is 5.41 Å². The quantitative estimate of drug-likeness (QED) is 0.0198. The van der Waals surface area contributed by atoms with E-state index in [0.29, 0.717) is 121 Å². The Bertz CT molecular complexity index is 3780. The van der Waals surface area contributed by atoms with E-state index in [9.17, 15) is 33.6 Å². The van der Waals surface area contributed by atoms with Crippen molar-refractivity contribution in [3.8, 4) is 17.2 Å². The summed E-state index contributed by atoms with van der Waals surface area (Å²) in [5.41, 5.74) is 7.85. The van der Waals surface area contributed by atoms with E-state index in [1.807, 2.05) is 188 Å². The van der Waals surface area contributed by atoms with Crippen LogP contribution in [0.3, 0.4) is 0 Å². The number of nitrogens with zero attached hydrogens (tertiary/aromatic N) is 3. The van der Waals surface area contributed by atoms with E-state index in [1.54, 1.807) is 12.1 Å². The number of carbonyl (C=O) groups is 8. The maximum Gasteiger partial charge on any atom is 0.203 e. The number of pyridine rings is 3. The Morgan fingerprint density at radius 2 is 0.607 bits per heavy atom. The standard InChI is InChI=1S/C95H126N3O14/c1-74-34-31-40-84(77(74)4)88(103)44-13-19-51-95(52-20-14-45-89(104)85-41-32-35-75(2)78(85)5,53-21-15-46-90(105)86-42-33-36-76(3)79(86)6)93(106)47-12-7-11-43-87(102)80-72-91(110-69-66-107-63-48-81(99)37-16-28-60-96-54-22-8-23-55-96)94(112-71-68-109-65-50-83(101)39-18-30-62-98-58-26-10-27-59-98)92(73-80)111-70-67-108-64-49-82(100)38-17-29-61-97-56-24-9-25-57-97/h8-10,22-27,31-36,40-42,54-59,72-73H,7,11-21,28-30,37-39,43-53,60-71H2,1-6H3/q+3. The predicted molar refractivity (Wildman–Crippen MR) is 437 cm³/mol. The van der Waals surface area contributed by atoms with Crippen LogP contribution in [0.2, 0.25) is 0 Å². The number of carbonyl (C=O) groups excluding carboxylic acids is 8. The number of hydrogen-bond acceptors (Lipinski definition) is 14. The molecule has 0 spiro atoms. The zero-order valence-corrected chi connectivity index (χ0v) is 68.1. The van der Waals surface area contributed by atoms with Gasteiger partial charge in [-0.05, 0) is 158 Å². The van der Waals surface area contributed by atoms with E-state index in [4.69, 9.17) is 28.4 Å². The molecular formula is C95H126N3O14+3. The molecule has 0 aliphatic rings. The van der Waals surface area contributed by atoms with Crippen molar-refractivity contribution in [1.82, 2.24) is 0 Å². The molecule has 7 aromatic rings. The highest BCUT2D eigenvalue weighted by Gasteiger charge is 2.36. The van der Waals surface area contributed by atoms with Gasteiger partial charge in [0.15, 0.2) is 71.8 Å². The number of unbranched alkanes of at least 4 members (excludes halogenated alkanes) is 8. The average molecular weight is 1530 g/mol. The molecule has 0 saturated heterocycles. The van der Waals surface area contributed by atoms with Crippen molar-refractivity contribution < 1.29 is 80.5 Å². The number of ketones is 8. The topological polar surface area (TPSA) is 204 Å². The molecule has 0 radical (unpaired) electrons. The van der Waals surface area contributed by atoms with Gasteiger partial charge in [-0.25, -0.2) is 13.7 Å². The first kappa shape index (κ1) is 90.2. The minimum atomic E-state index is -0.762. The lowest BCUT2D eigenvalue weighted by atomic mass is 9.69. The third-order valence-corrected chi connectivity index (χ3v) is 21.6. The second-order valence-electron chi connectivity index (χ2n) is 30.1. The Kier molecular flexibility index (Phi) is 41.5. The normalized spacial score (nSPS) is 11.4. The predicted octanol–water partition coefficient (Wildman–Crippen LogP) is 18.1. The molecule has 0 bridgehead atoms. The molecule has 3 aromatic heterocycles. The summed E-state index contributed by atoms with van der Waals surface area (Å²) in [7, 11) is 0. The number of Topliss-reactive ketones (excluding diaryl/α,β-unsaturated/α-hetero) is 8. The summed E-state index contributed by atoms with van der Waals surface area (Å²) in [5, 5.41) is 0. The van der Waals surface area contributed by atoms with Crippen LogP contribution in [0.5, 0.6) is 17.2 Å². The number of aryl methyl sites for hydroxylation is 6. The number of rotatable bonds is 62. The third kappa shape index (κ3) is 33.0. The minimum Gasteiger partial charge on any atom is -0.487 e. The van der Waals surface area contributed by atoms with Crippen molar-refractivity contribution in [3.63, 3.8) is 0 Å². The molecule has 602 valence electrons. The molecule has 112 heavy (non-hydrogen) atoms. The molecule has 0 unspecified atom stereocenters. The van der Waals surface area contributed by atoms with Crippen LogP contribution in [0.15, 0.2) is 159 Å². The third-order valence-electron chi connectivity index (χ3n) is 21.6. The maximum atomic E-state index is 15.4. The Morgan fingerprint density at radius 3 is 0.964 bits per heavy atom. The SMILES string of the molecule is Cc1cccc(C(=O)CCCCC(CCCCC(=O)c2cccc(C)c2C)(CCCCC(=O)c2cccc(C)c2C)C(=O)CCCCCC(=O)c2cc(OCCOCCC(=O)CCCC[n+]3ccccc3)c(OCCOCCC(=O)CCCC[n+]3ccccc3)c(OCCOCCC(=O)CCCC[n+]3ccccc3)c2)c1C. The summed E-state index contributed by atoms with van der Waals surface area (Å²) in [6, 6.07) is 38.6. The van der Waals surface area contributed by atoms with Crippen LogP contribution in [-0.4, -0.2) is 106 Å². The molecule has 17 heteroatoms. The van der Waals surface area contributed by atoms with Crippen LogP contribution in [-0.2, 0) is 53.0 Å². The Hall–Kier alpha value is -9.03. The van der Waals surface area contributed by atoms with Gasteiger partial charge < -0.3 is 28.4 Å². The van der Waals surface area contributed by atoms with Crippen LogP contribution in [0.4, 0.5) is 0 Å². The van der Waals surface area contributed by atoms with Gasteiger partial charge in [-0.15, -0.1) is 0 Å². The van der Waals surface area contributed by atoms with Gasteiger partial charge in [-0.1, -0.05) is 98.5 Å². The summed E-state index contributed by atoms with van der Waals surface area (Å²) in [6.07, 6.45) is 27.8. The zero-order valence-electron chi connectivity index (χ0n) is 68.1. The van der Waals surface area contributed by atoms with Gasteiger partial charge >= 0.3 is 0 Å². The highest BCUT2D eigenvalue weighted by atomic mass is 16.6. The Labute approximate surface area is 666 Å². The molecule has 0 atom stereocenters. The number of hydrogen-bond donors (Lipinski definition) is 0. The first-order valence-electron chi connectivity index (χ1n) is 41.4. The molecule has 0 aliphatic heterocycles. The van der Waals surface area contributed by atoms with Crippen molar-refractivity contribution in [1.29, 1.82) is 0 Å². The van der Waals surface area contributed by atoms with Crippen molar-refractivity contribution in [2.45, 2.75) is 247 Å². The fourth-order valence-electron chi connectivity index (χ4n) is 14.3. The summed E-state index contributed by atoms with van der Waals surface area (Å²) in [6.45, 7) is 15.7. The van der Waals surface area contributed by atoms with Crippen LogP contribution in [0, 0.1) is 47.0 Å². The number of benzene rings is 4. The fraction of sp³-hybridized carbons (Fsp3) is 0.505. The molecule has 0 aliphatic carbocycles. The molecular weight excluding hydrogens is 1410 g/mol. The van der Waals surface area contributed by atoms with Gasteiger partial charge in [-0.2, -0.15) is 0 Å². The summed E-state index contributed by atoms with van der Waals surface area (Å²) >= 11 is 0. The first-order chi connectivity index (χ1) is 54.4. The molecule has 17 nitrogen and oxygen atoms in total. The van der Waals surface area contributed by atoms with Gasteiger partial charge in [-0.3, -0.25) is 38.4 Å². The lowest BCUT2D eigenvalue weighted by Gasteiger charge is -2.33. The van der Waals surface area contributed by atoms with Crippen molar-refractivity contribution >= 4 is 46.3 Å². The van der Waals surface area contributed by atoms with Gasteiger partial charge in [0.05, 0.1) is 39.6 Å². The smallest absolute Gasteiger partial charge is 0.203 e. The molecule has 4 aromatic carbocycles. The summed E-state index contributed by atoms with van der Waals surface area (Å²) in [4.78, 5) is 110. The summed E-state index contributed by atoms with van der Waals surface area (Å²) in [5.74, 6) is 1.28. The van der Waals surface area contributed by atoms with Crippen LogP contribution >= 0.6 is 0 Å². The van der Waals surface area contributed by atoms with E-state index in [2.05, 4.69) is 13.7 Å². The highest BCUT2D eigenvalue weighted by molar-refractivity contribution is 5.99. The summed E-state index contributed by atoms with van der Waals surface area (Å²) < 4.78 is 43.5. The fourth-order valence-corrected chi connectivity index (χ4v) is 14.3. The van der Waals surface area contributed by atoms with E-state index in [0.717, 1.165) is 108 Å². The van der Waals surface area contributed by atoms with Crippen molar-refractivity contribution in [2.24, 2.45) is 5.41 Å². The lowest BCUT2D eigenvalue weighted by molar-refractivity contribution is -0.697. The molecule has 0 N–H and O–H groups in total. The molecule has 0 amide bonds. The van der Waals surface area contributed by atoms with Gasteiger partial charge in [0.2, 0.25) is 5.75 Å². The Morgan fingerprint density at radius 1 is 0.295 bits per heavy atom. The number of aromatic nitrogens is 3. The second kappa shape index (κ2) is 51.6. The van der Waals surface area contributed by atoms with Crippen LogP contribution in [0.1, 0.15) is 261 Å². The largest absolute Gasteiger partial charge is 0.487 e. The average Bonchev–Trinajstić information content (AvgIpc) is 0.811. The van der Waals surface area contributed by atoms with Gasteiger partial charge in [0, 0.05) is 154 Å². The minimum absolute atomic E-state index is 0.0536. The van der Waals surface area contributed by atoms with Gasteiger partial charge in [0.1, 0.15) is 62.6 Å². The first-order valence-corrected chi connectivity index (χ1v) is 41.4. The van der Waals surface area contributed by atoms with Crippen LogP contribution in [0.25, 0.3) is 0 Å². The molecule has 0 saturated carbocycles. The highest BCUT2D eigenvalue weighted by Crippen LogP contribution is 2.42. The monoisotopic (exact) mass is 1530 g/mol. The van der Waals surface area contributed by atoms with Crippen molar-refractivity contribution in [3.05, 3.63) is 214 Å². The zero-order chi connectivity index (χ0) is 80.0. The van der Waals surface area contributed by atoms with E-state index >= 15 is 4.79 Å². The van der Waals surface area contributed by atoms with E-state index in [-0.39, 0.29) is 155 Å². The maximum absolute atomic E-state index is 15.4.